The normalized spacial score (nSPS) is 32.3. The number of esters is 1. The van der Waals surface area contributed by atoms with Crippen molar-refractivity contribution in [2.45, 2.75) is 44.0 Å². The SMILES string of the molecule is COC(=O)[C@@H]1C[C@@H](F)CN1C(=O)C1CCCCO1. The molecular formula is C12H18FNO4. The summed E-state index contributed by atoms with van der Waals surface area (Å²) in [6.45, 7) is 0.505. The number of likely N-dealkylation sites (tertiary alicyclic amines) is 1. The quantitative estimate of drug-likeness (QED) is 0.684. The number of carbonyl (C=O) groups excluding carboxylic acids is 2. The van der Waals surface area contributed by atoms with E-state index in [0.717, 1.165) is 12.8 Å². The minimum atomic E-state index is -1.17. The first-order chi connectivity index (χ1) is 8.63. The fraction of sp³-hybridized carbons (Fsp3) is 0.833. The van der Waals surface area contributed by atoms with Gasteiger partial charge in [-0.3, -0.25) is 4.79 Å². The van der Waals surface area contributed by atoms with Crippen LogP contribution in [0.5, 0.6) is 0 Å². The van der Waals surface area contributed by atoms with Crippen LogP contribution in [0.15, 0.2) is 0 Å². The lowest BCUT2D eigenvalue weighted by molar-refractivity contribution is -0.157. The summed E-state index contributed by atoms with van der Waals surface area (Å²) in [5, 5.41) is 0. The lowest BCUT2D eigenvalue weighted by atomic mass is 10.1. The number of amides is 1. The van der Waals surface area contributed by atoms with Gasteiger partial charge in [-0.25, -0.2) is 9.18 Å². The highest BCUT2D eigenvalue weighted by atomic mass is 19.1. The number of carbonyl (C=O) groups is 2. The number of methoxy groups -OCH3 is 1. The molecule has 0 aromatic heterocycles. The average Bonchev–Trinajstić information content (AvgIpc) is 2.80. The maximum atomic E-state index is 13.4. The first-order valence-corrected chi connectivity index (χ1v) is 6.27. The predicted octanol–water partition coefficient (Wildman–Crippen LogP) is 0.667. The Morgan fingerprint density at radius 3 is 2.78 bits per heavy atom. The molecule has 18 heavy (non-hydrogen) atoms. The molecule has 2 aliphatic heterocycles. The van der Waals surface area contributed by atoms with Crippen molar-refractivity contribution >= 4 is 11.9 Å². The summed E-state index contributed by atoms with van der Waals surface area (Å²) in [5.74, 6) is -0.843. The Labute approximate surface area is 105 Å². The number of nitrogens with zero attached hydrogens (tertiary/aromatic N) is 1. The minimum absolute atomic E-state index is 0.0190. The van der Waals surface area contributed by atoms with Crippen molar-refractivity contribution in [1.82, 2.24) is 4.90 Å². The molecule has 2 saturated heterocycles. The first-order valence-electron chi connectivity index (χ1n) is 6.27. The van der Waals surface area contributed by atoms with Gasteiger partial charge in [0.05, 0.1) is 13.7 Å². The van der Waals surface area contributed by atoms with E-state index in [1.54, 1.807) is 0 Å². The Morgan fingerprint density at radius 1 is 1.39 bits per heavy atom. The Balaban J connectivity index is 2.04. The largest absolute Gasteiger partial charge is 0.467 e. The van der Waals surface area contributed by atoms with Gasteiger partial charge in [-0.2, -0.15) is 0 Å². The molecular weight excluding hydrogens is 241 g/mol. The van der Waals surface area contributed by atoms with E-state index < -0.39 is 24.3 Å². The summed E-state index contributed by atoms with van der Waals surface area (Å²) in [4.78, 5) is 25.0. The molecule has 2 heterocycles. The number of alkyl halides is 1. The molecule has 0 saturated carbocycles. The molecule has 0 aromatic rings. The van der Waals surface area contributed by atoms with Crippen molar-refractivity contribution < 1.29 is 23.5 Å². The molecule has 3 atom stereocenters. The van der Waals surface area contributed by atoms with Gasteiger partial charge >= 0.3 is 5.97 Å². The molecule has 0 aliphatic carbocycles. The summed E-state index contributed by atoms with van der Waals surface area (Å²) in [6.07, 6.45) is 0.825. The van der Waals surface area contributed by atoms with E-state index in [0.29, 0.717) is 13.0 Å². The van der Waals surface area contributed by atoms with Gasteiger partial charge in [-0.05, 0) is 19.3 Å². The fourth-order valence-electron chi connectivity index (χ4n) is 2.51. The summed E-state index contributed by atoms with van der Waals surface area (Å²) in [7, 11) is 1.24. The molecule has 6 heteroatoms. The van der Waals surface area contributed by atoms with Crippen LogP contribution in [-0.4, -0.2) is 55.4 Å². The lowest BCUT2D eigenvalue weighted by Crippen LogP contribution is -2.47. The van der Waals surface area contributed by atoms with Crippen LogP contribution >= 0.6 is 0 Å². The lowest BCUT2D eigenvalue weighted by Gasteiger charge is -2.29. The molecule has 0 radical (unpaired) electrons. The van der Waals surface area contributed by atoms with Gasteiger partial charge in [0.25, 0.3) is 5.91 Å². The van der Waals surface area contributed by atoms with E-state index in [-0.39, 0.29) is 18.9 Å². The number of halogens is 1. The fourth-order valence-corrected chi connectivity index (χ4v) is 2.51. The van der Waals surface area contributed by atoms with Crippen LogP contribution in [0.2, 0.25) is 0 Å². The molecule has 1 unspecified atom stereocenters. The molecule has 2 rings (SSSR count). The zero-order valence-corrected chi connectivity index (χ0v) is 10.4. The number of hydrogen-bond donors (Lipinski definition) is 0. The topological polar surface area (TPSA) is 55.8 Å². The molecule has 2 fully saturated rings. The second-order valence-corrected chi connectivity index (χ2v) is 4.72. The molecule has 102 valence electrons. The van der Waals surface area contributed by atoms with Crippen LogP contribution in [-0.2, 0) is 19.1 Å². The highest BCUT2D eigenvalue weighted by Crippen LogP contribution is 2.25. The minimum Gasteiger partial charge on any atom is -0.467 e. The van der Waals surface area contributed by atoms with E-state index in [9.17, 15) is 14.0 Å². The van der Waals surface area contributed by atoms with Crippen LogP contribution in [0.3, 0.4) is 0 Å². The van der Waals surface area contributed by atoms with Crippen LogP contribution in [0.1, 0.15) is 25.7 Å². The van der Waals surface area contributed by atoms with Crippen LogP contribution < -0.4 is 0 Å². The van der Waals surface area contributed by atoms with Gasteiger partial charge in [0, 0.05) is 13.0 Å². The molecule has 0 N–H and O–H groups in total. The molecule has 2 aliphatic rings. The van der Waals surface area contributed by atoms with Crippen molar-refractivity contribution in [2.75, 3.05) is 20.3 Å². The van der Waals surface area contributed by atoms with Crippen molar-refractivity contribution in [1.29, 1.82) is 0 Å². The third-order valence-corrected chi connectivity index (χ3v) is 3.46. The standard InChI is InChI=1S/C12H18FNO4/c1-17-12(16)9-6-8(13)7-14(9)11(15)10-4-2-3-5-18-10/h8-10H,2-7H2,1H3/t8-,9+,10?/m1/s1. The number of rotatable bonds is 2. The van der Waals surface area contributed by atoms with Crippen molar-refractivity contribution in [3.05, 3.63) is 0 Å². The number of ether oxygens (including phenoxy) is 2. The maximum absolute atomic E-state index is 13.4. The van der Waals surface area contributed by atoms with Gasteiger partial charge in [-0.1, -0.05) is 0 Å². The van der Waals surface area contributed by atoms with E-state index in [4.69, 9.17) is 4.74 Å². The highest BCUT2D eigenvalue weighted by molar-refractivity contribution is 5.87. The van der Waals surface area contributed by atoms with Crippen LogP contribution in [0.4, 0.5) is 4.39 Å². The smallest absolute Gasteiger partial charge is 0.328 e. The molecule has 0 spiro atoms. The summed E-state index contributed by atoms with van der Waals surface area (Å²) >= 11 is 0. The van der Waals surface area contributed by atoms with Crippen molar-refractivity contribution in [3.63, 3.8) is 0 Å². The van der Waals surface area contributed by atoms with E-state index in [2.05, 4.69) is 4.74 Å². The molecule has 0 bridgehead atoms. The second kappa shape index (κ2) is 5.65. The van der Waals surface area contributed by atoms with E-state index >= 15 is 0 Å². The third-order valence-electron chi connectivity index (χ3n) is 3.46. The molecule has 0 aromatic carbocycles. The Morgan fingerprint density at radius 2 is 2.17 bits per heavy atom. The van der Waals surface area contributed by atoms with Crippen LogP contribution in [0, 0.1) is 0 Å². The predicted molar refractivity (Wildman–Crippen MR) is 60.6 cm³/mol. The summed E-state index contributed by atoms with van der Waals surface area (Å²) < 4.78 is 23.4. The number of hydrogen-bond acceptors (Lipinski definition) is 4. The second-order valence-electron chi connectivity index (χ2n) is 4.72. The maximum Gasteiger partial charge on any atom is 0.328 e. The van der Waals surface area contributed by atoms with Gasteiger partial charge < -0.3 is 14.4 Å². The Kier molecular flexibility index (Phi) is 4.16. The summed E-state index contributed by atoms with van der Waals surface area (Å²) in [5.41, 5.74) is 0. The third kappa shape index (κ3) is 2.63. The van der Waals surface area contributed by atoms with Gasteiger partial charge in [0.2, 0.25) is 0 Å². The zero-order valence-electron chi connectivity index (χ0n) is 10.4. The van der Waals surface area contributed by atoms with E-state index in [1.165, 1.54) is 12.0 Å². The van der Waals surface area contributed by atoms with Gasteiger partial charge in [0.1, 0.15) is 18.3 Å². The van der Waals surface area contributed by atoms with E-state index in [1.807, 2.05) is 0 Å². The van der Waals surface area contributed by atoms with Gasteiger partial charge in [0.15, 0.2) is 0 Å². The highest BCUT2D eigenvalue weighted by Gasteiger charge is 2.42. The Bertz CT molecular complexity index is 330. The van der Waals surface area contributed by atoms with Crippen LogP contribution in [0.25, 0.3) is 0 Å². The van der Waals surface area contributed by atoms with Crippen molar-refractivity contribution in [2.24, 2.45) is 0 Å². The average molecular weight is 259 g/mol. The Hall–Kier alpha value is -1.17. The van der Waals surface area contributed by atoms with Gasteiger partial charge in [-0.15, -0.1) is 0 Å². The molecule has 1 amide bonds. The molecule has 5 nitrogen and oxygen atoms in total. The zero-order chi connectivity index (χ0) is 13.1. The van der Waals surface area contributed by atoms with Crippen molar-refractivity contribution in [3.8, 4) is 0 Å². The monoisotopic (exact) mass is 259 g/mol. The first kappa shape index (κ1) is 13.3. The summed E-state index contributed by atoms with van der Waals surface area (Å²) in [6, 6.07) is -0.803.